The van der Waals surface area contributed by atoms with E-state index in [2.05, 4.69) is 15.3 Å². The van der Waals surface area contributed by atoms with Crippen LogP contribution in [0.4, 0.5) is 29.2 Å². The molecule has 2 N–H and O–H groups in total. The molecule has 10 heteroatoms. The van der Waals surface area contributed by atoms with E-state index in [4.69, 9.17) is 0 Å². The van der Waals surface area contributed by atoms with Crippen molar-refractivity contribution in [1.82, 2.24) is 14.9 Å². The topological polar surface area (TPSA) is 64.5 Å². The molecule has 1 aliphatic rings. The molecule has 3 rings (SSSR count). The van der Waals surface area contributed by atoms with Crippen molar-refractivity contribution in [1.29, 1.82) is 0 Å². The lowest BCUT2D eigenvalue weighted by molar-refractivity contribution is -0.158. The minimum Gasteiger partial charge on any atom is -0.387 e. The molecule has 0 saturated carbocycles. The van der Waals surface area contributed by atoms with Crippen molar-refractivity contribution in [2.45, 2.75) is 31.7 Å². The highest BCUT2D eigenvalue weighted by Crippen LogP contribution is 2.28. The summed E-state index contributed by atoms with van der Waals surface area (Å²) in [5.41, 5.74) is -0.105. The van der Waals surface area contributed by atoms with Crippen molar-refractivity contribution in [2.75, 3.05) is 42.9 Å². The van der Waals surface area contributed by atoms with E-state index in [1.54, 1.807) is 19.9 Å². The number of alkyl halides is 3. The third kappa shape index (κ3) is 5.79. The Hall–Kier alpha value is -2.46. The van der Waals surface area contributed by atoms with Gasteiger partial charge in [0.2, 0.25) is 0 Å². The molecule has 1 aromatic carbocycles. The molecule has 1 aromatic heterocycles. The Bertz CT molecular complexity index is 844. The van der Waals surface area contributed by atoms with E-state index >= 15 is 0 Å². The maximum atomic E-state index is 13.0. The Morgan fingerprint density at radius 3 is 2.50 bits per heavy atom. The summed E-state index contributed by atoms with van der Waals surface area (Å²) >= 11 is 0. The van der Waals surface area contributed by atoms with Gasteiger partial charge in [-0.2, -0.15) is 13.2 Å². The van der Waals surface area contributed by atoms with E-state index < -0.39 is 24.4 Å². The molecule has 0 bridgehead atoms. The van der Waals surface area contributed by atoms with Gasteiger partial charge in [-0.25, -0.2) is 14.4 Å². The van der Waals surface area contributed by atoms with Crippen LogP contribution in [0.2, 0.25) is 0 Å². The van der Waals surface area contributed by atoms with Crippen LogP contribution in [-0.2, 0) is 0 Å². The second-order valence-electron chi connectivity index (χ2n) is 7.98. The molecular weight excluding hydrogens is 402 g/mol. The summed E-state index contributed by atoms with van der Waals surface area (Å²) in [6.45, 7) is 3.85. The molecular formula is C20H25F4N5O. The summed E-state index contributed by atoms with van der Waals surface area (Å²) in [5, 5.41) is 13.3. The van der Waals surface area contributed by atoms with Gasteiger partial charge in [-0.15, -0.1) is 0 Å². The van der Waals surface area contributed by atoms with Crippen LogP contribution in [0.1, 0.15) is 25.5 Å². The molecule has 30 heavy (non-hydrogen) atoms. The Morgan fingerprint density at radius 1 is 1.17 bits per heavy atom. The largest absolute Gasteiger partial charge is 0.401 e. The molecule has 0 aliphatic carbocycles. The number of piperazine rings is 1. The SMILES string of the molecule is CC1(C)CN(c2cc(NCC(O)c3ccc(F)cc3)ncn2)CCN1CC(F)(F)F. The number of anilines is 2. The van der Waals surface area contributed by atoms with Crippen molar-refractivity contribution < 1.29 is 22.7 Å². The number of aromatic nitrogens is 2. The maximum absolute atomic E-state index is 13.0. The summed E-state index contributed by atoms with van der Waals surface area (Å²) in [7, 11) is 0. The monoisotopic (exact) mass is 427 g/mol. The Labute approximate surface area is 172 Å². The van der Waals surface area contributed by atoms with E-state index in [1.807, 2.05) is 4.90 Å². The van der Waals surface area contributed by atoms with Crippen LogP contribution in [-0.4, -0.2) is 64.4 Å². The van der Waals surface area contributed by atoms with Crippen LogP contribution in [0.3, 0.4) is 0 Å². The van der Waals surface area contributed by atoms with Gasteiger partial charge in [-0.3, -0.25) is 4.90 Å². The predicted octanol–water partition coefficient (Wildman–Crippen LogP) is 3.22. The van der Waals surface area contributed by atoms with Gasteiger partial charge < -0.3 is 15.3 Å². The lowest BCUT2D eigenvalue weighted by Crippen LogP contribution is -2.61. The second-order valence-corrected chi connectivity index (χ2v) is 7.98. The quantitative estimate of drug-likeness (QED) is 0.691. The van der Waals surface area contributed by atoms with Gasteiger partial charge in [-0.1, -0.05) is 12.1 Å². The van der Waals surface area contributed by atoms with Crippen molar-refractivity contribution in [3.05, 3.63) is 48.0 Å². The smallest absolute Gasteiger partial charge is 0.387 e. The zero-order valence-corrected chi connectivity index (χ0v) is 16.8. The van der Waals surface area contributed by atoms with Gasteiger partial charge in [0.1, 0.15) is 23.8 Å². The number of halogens is 4. The zero-order valence-electron chi connectivity index (χ0n) is 16.8. The molecule has 1 aliphatic heterocycles. The number of nitrogens with zero attached hydrogens (tertiary/aromatic N) is 4. The highest BCUT2D eigenvalue weighted by molar-refractivity contribution is 5.49. The van der Waals surface area contributed by atoms with Gasteiger partial charge in [0, 0.05) is 37.8 Å². The fraction of sp³-hybridized carbons (Fsp3) is 0.500. The molecule has 0 amide bonds. The molecule has 164 valence electrons. The van der Waals surface area contributed by atoms with Crippen LogP contribution >= 0.6 is 0 Å². The highest BCUT2D eigenvalue weighted by Gasteiger charge is 2.40. The van der Waals surface area contributed by atoms with Gasteiger partial charge in [0.05, 0.1) is 12.6 Å². The molecule has 1 atom stereocenters. The summed E-state index contributed by atoms with van der Waals surface area (Å²) in [6.07, 6.45) is -3.72. The molecule has 1 saturated heterocycles. The summed E-state index contributed by atoms with van der Waals surface area (Å²) in [6, 6.07) is 7.28. The molecule has 2 heterocycles. The molecule has 0 radical (unpaired) electrons. The number of hydrogen-bond donors (Lipinski definition) is 2. The van der Waals surface area contributed by atoms with Crippen LogP contribution in [0.15, 0.2) is 36.7 Å². The van der Waals surface area contributed by atoms with Crippen molar-refractivity contribution in [2.24, 2.45) is 0 Å². The minimum absolute atomic E-state index is 0.160. The summed E-state index contributed by atoms with van der Waals surface area (Å²) < 4.78 is 51.5. The van der Waals surface area contributed by atoms with E-state index in [0.717, 1.165) is 0 Å². The lowest BCUT2D eigenvalue weighted by Gasteiger charge is -2.47. The van der Waals surface area contributed by atoms with Crippen molar-refractivity contribution in [3.63, 3.8) is 0 Å². The number of hydrogen-bond acceptors (Lipinski definition) is 6. The fourth-order valence-corrected chi connectivity index (χ4v) is 3.52. The number of nitrogens with one attached hydrogen (secondary N) is 1. The molecule has 0 spiro atoms. The van der Waals surface area contributed by atoms with Crippen molar-refractivity contribution >= 4 is 11.6 Å². The Kier molecular flexibility index (Phi) is 6.47. The van der Waals surface area contributed by atoms with E-state index in [9.17, 15) is 22.7 Å². The standard InChI is InChI=1S/C20H25F4N5O/c1-19(2)11-28(7-8-29(19)12-20(22,23)24)18-9-17(26-13-27-18)25-10-16(30)14-3-5-15(21)6-4-14/h3-6,9,13,16,30H,7-8,10-12H2,1-2H3,(H,25,26,27). The maximum Gasteiger partial charge on any atom is 0.401 e. The molecule has 1 fully saturated rings. The van der Waals surface area contributed by atoms with E-state index in [-0.39, 0.29) is 18.9 Å². The lowest BCUT2D eigenvalue weighted by atomic mass is 9.98. The van der Waals surface area contributed by atoms with Gasteiger partial charge >= 0.3 is 6.18 Å². The fourth-order valence-electron chi connectivity index (χ4n) is 3.52. The van der Waals surface area contributed by atoms with Crippen LogP contribution in [0.5, 0.6) is 0 Å². The van der Waals surface area contributed by atoms with E-state index in [1.165, 1.54) is 35.5 Å². The first-order valence-corrected chi connectivity index (χ1v) is 9.60. The van der Waals surface area contributed by atoms with Crippen LogP contribution < -0.4 is 10.2 Å². The third-order valence-electron chi connectivity index (χ3n) is 5.15. The second kappa shape index (κ2) is 8.73. The van der Waals surface area contributed by atoms with Gasteiger partial charge in [-0.05, 0) is 31.5 Å². The molecule has 2 aromatic rings. The van der Waals surface area contributed by atoms with E-state index in [0.29, 0.717) is 30.3 Å². The molecule has 6 nitrogen and oxygen atoms in total. The number of benzene rings is 1. The molecule has 1 unspecified atom stereocenters. The average molecular weight is 427 g/mol. The predicted molar refractivity (Wildman–Crippen MR) is 106 cm³/mol. The Balaban J connectivity index is 1.62. The van der Waals surface area contributed by atoms with Crippen molar-refractivity contribution in [3.8, 4) is 0 Å². The minimum atomic E-state index is -4.24. The first-order chi connectivity index (χ1) is 14.0. The highest BCUT2D eigenvalue weighted by atomic mass is 19.4. The first-order valence-electron chi connectivity index (χ1n) is 9.60. The van der Waals surface area contributed by atoms with Crippen LogP contribution in [0.25, 0.3) is 0 Å². The van der Waals surface area contributed by atoms with Gasteiger partial charge in [0.25, 0.3) is 0 Å². The van der Waals surface area contributed by atoms with Crippen LogP contribution in [0, 0.1) is 5.82 Å². The third-order valence-corrected chi connectivity index (χ3v) is 5.15. The van der Waals surface area contributed by atoms with Gasteiger partial charge in [0.15, 0.2) is 0 Å². The Morgan fingerprint density at radius 2 is 1.87 bits per heavy atom. The normalized spacial score (nSPS) is 18.3. The summed E-state index contributed by atoms with van der Waals surface area (Å²) in [4.78, 5) is 11.7. The number of rotatable bonds is 6. The average Bonchev–Trinajstić information content (AvgIpc) is 2.67. The number of aliphatic hydroxyl groups excluding tert-OH is 1. The number of aliphatic hydroxyl groups is 1. The summed E-state index contributed by atoms with van der Waals surface area (Å²) in [5.74, 6) is 0.706. The first kappa shape index (κ1) is 22.2. The zero-order chi connectivity index (χ0) is 21.9.